The standard InChI is InChI=1S/C27H24BrN3O2/c1-17-6-10-19(11-7-17)24-23-25(30-29-24)27(32)31(26(23)20-4-3-5-21(28)16-20)15-14-18-8-12-22(33-2)13-9-18/h3-13,16,26H,14-15H2,1-2H3,(H,29,30). The summed E-state index contributed by atoms with van der Waals surface area (Å²) in [7, 11) is 1.66. The highest BCUT2D eigenvalue weighted by atomic mass is 79.9. The van der Waals surface area contributed by atoms with E-state index in [-0.39, 0.29) is 11.9 Å². The van der Waals surface area contributed by atoms with Crippen molar-refractivity contribution in [3.05, 3.63) is 105 Å². The van der Waals surface area contributed by atoms with Crippen LogP contribution in [0.25, 0.3) is 11.3 Å². The molecule has 6 heteroatoms. The van der Waals surface area contributed by atoms with Crippen LogP contribution >= 0.6 is 15.9 Å². The highest BCUT2D eigenvalue weighted by Gasteiger charge is 2.41. The molecule has 3 aromatic carbocycles. The molecule has 0 radical (unpaired) electrons. The second kappa shape index (κ2) is 8.87. The number of amides is 1. The third-order valence-electron chi connectivity index (χ3n) is 6.15. The number of hydrogen-bond donors (Lipinski definition) is 1. The van der Waals surface area contributed by atoms with E-state index >= 15 is 0 Å². The maximum atomic E-state index is 13.5. The van der Waals surface area contributed by atoms with Crippen LogP contribution < -0.4 is 4.74 Å². The molecule has 0 bridgehead atoms. The lowest BCUT2D eigenvalue weighted by Crippen LogP contribution is -2.31. The van der Waals surface area contributed by atoms with Gasteiger partial charge in [-0.2, -0.15) is 5.10 Å². The molecule has 1 amide bonds. The summed E-state index contributed by atoms with van der Waals surface area (Å²) in [4.78, 5) is 15.5. The Morgan fingerprint density at radius 2 is 1.82 bits per heavy atom. The highest BCUT2D eigenvalue weighted by Crippen LogP contribution is 2.43. The molecule has 4 aromatic rings. The number of halogens is 1. The first-order chi connectivity index (χ1) is 16.0. The van der Waals surface area contributed by atoms with E-state index in [9.17, 15) is 4.79 Å². The predicted octanol–water partition coefficient (Wildman–Crippen LogP) is 5.94. The SMILES string of the molecule is COc1ccc(CCN2C(=O)c3[nH]nc(-c4ccc(C)cc4)c3C2c2cccc(Br)c2)cc1. The van der Waals surface area contributed by atoms with Crippen LogP contribution in [0.4, 0.5) is 0 Å². The van der Waals surface area contributed by atoms with Crippen LogP contribution in [0.15, 0.2) is 77.3 Å². The number of aryl methyl sites for hydroxylation is 1. The van der Waals surface area contributed by atoms with Gasteiger partial charge in [-0.05, 0) is 48.7 Å². The Morgan fingerprint density at radius 3 is 2.52 bits per heavy atom. The van der Waals surface area contributed by atoms with E-state index in [0.717, 1.165) is 44.6 Å². The Labute approximate surface area is 201 Å². The molecule has 5 rings (SSSR count). The van der Waals surface area contributed by atoms with Crippen molar-refractivity contribution in [2.45, 2.75) is 19.4 Å². The zero-order chi connectivity index (χ0) is 22.9. The van der Waals surface area contributed by atoms with Gasteiger partial charge >= 0.3 is 0 Å². The first-order valence-electron chi connectivity index (χ1n) is 10.9. The fourth-order valence-electron chi connectivity index (χ4n) is 4.42. The smallest absolute Gasteiger partial charge is 0.273 e. The Morgan fingerprint density at radius 1 is 1.06 bits per heavy atom. The molecule has 1 atom stereocenters. The second-order valence-corrected chi connectivity index (χ2v) is 9.20. The van der Waals surface area contributed by atoms with Gasteiger partial charge in [0.15, 0.2) is 0 Å². The molecular weight excluding hydrogens is 478 g/mol. The molecule has 0 spiro atoms. The van der Waals surface area contributed by atoms with Gasteiger partial charge in [-0.3, -0.25) is 9.89 Å². The van der Waals surface area contributed by atoms with Crippen LogP contribution in [0.3, 0.4) is 0 Å². The Hall–Kier alpha value is -3.38. The van der Waals surface area contributed by atoms with Gasteiger partial charge in [0.1, 0.15) is 11.4 Å². The van der Waals surface area contributed by atoms with Crippen molar-refractivity contribution in [3.8, 4) is 17.0 Å². The molecule has 0 aliphatic carbocycles. The van der Waals surface area contributed by atoms with Crippen LogP contribution in [0.2, 0.25) is 0 Å². The fourth-order valence-corrected chi connectivity index (χ4v) is 4.84. The summed E-state index contributed by atoms with van der Waals surface area (Å²) in [5.41, 5.74) is 6.75. The predicted molar refractivity (Wildman–Crippen MR) is 132 cm³/mol. The number of aromatic amines is 1. The lowest BCUT2D eigenvalue weighted by Gasteiger charge is -2.26. The lowest BCUT2D eigenvalue weighted by atomic mass is 9.95. The minimum atomic E-state index is -0.210. The summed E-state index contributed by atoms with van der Waals surface area (Å²) in [5, 5.41) is 7.60. The number of carbonyl (C=O) groups is 1. The fraction of sp³-hybridized carbons (Fsp3) is 0.185. The van der Waals surface area contributed by atoms with Gasteiger partial charge in [0.25, 0.3) is 5.91 Å². The maximum absolute atomic E-state index is 13.5. The number of methoxy groups -OCH3 is 1. The number of nitrogens with one attached hydrogen (secondary N) is 1. The van der Waals surface area contributed by atoms with Crippen LogP contribution in [-0.2, 0) is 6.42 Å². The van der Waals surface area contributed by atoms with Crippen molar-refractivity contribution in [2.75, 3.05) is 13.7 Å². The van der Waals surface area contributed by atoms with Gasteiger partial charge in [0.2, 0.25) is 0 Å². The van der Waals surface area contributed by atoms with Crippen LogP contribution in [-0.4, -0.2) is 34.7 Å². The Bertz CT molecular complexity index is 1300. The monoisotopic (exact) mass is 501 g/mol. The Balaban J connectivity index is 1.53. The van der Waals surface area contributed by atoms with Crippen molar-refractivity contribution < 1.29 is 9.53 Å². The maximum Gasteiger partial charge on any atom is 0.273 e. The average molecular weight is 502 g/mol. The molecule has 1 aliphatic heterocycles. The molecule has 0 fully saturated rings. The van der Waals surface area contributed by atoms with E-state index in [4.69, 9.17) is 4.74 Å². The zero-order valence-electron chi connectivity index (χ0n) is 18.5. The number of carbonyl (C=O) groups excluding carboxylic acids is 1. The molecule has 1 aliphatic rings. The van der Waals surface area contributed by atoms with Crippen LogP contribution in [0, 0.1) is 6.92 Å². The number of H-pyrrole nitrogens is 1. The topological polar surface area (TPSA) is 58.2 Å². The summed E-state index contributed by atoms with van der Waals surface area (Å²) in [6, 6.07) is 24.2. The van der Waals surface area contributed by atoms with E-state index < -0.39 is 0 Å². The van der Waals surface area contributed by atoms with Crippen molar-refractivity contribution in [2.24, 2.45) is 0 Å². The number of fused-ring (bicyclic) bond motifs is 1. The van der Waals surface area contributed by atoms with E-state index in [2.05, 4.69) is 69.4 Å². The van der Waals surface area contributed by atoms with E-state index in [1.54, 1.807) is 7.11 Å². The van der Waals surface area contributed by atoms with E-state index in [1.165, 1.54) is 5.56 Å². The number of ether oxygens (including phenoxy) is 1. The first-order valence-corrected chi connectivity index (χ1v) is 11.7. The van der Waals surface area contributed by atoms with Gasteiger partial charge in [0.05, 0.1) is 18.8 Å². The minimum Gasteiger partial charge on any atom is -0.497 e. The normalized spacial score (nSPS) is 15.1. The van der Waals surface area contributed by atoms with Crippen LogP contribution in [0.1, 0.15) is 38.8 Å². The summed E-state index contributed by atoms with van der Waals surface area (Å²) < 4.78 is 6.25. The lowest BCUT2D eigenvalue weighted by molar-refractivity contribution is 0.0746. The van der Waals surface area contributed by atoms with Crippen molar-refractivity contribution in [1.82, 2.24) is 15.1 Å². The molecule has 2 heterocycles. The molecule has 5 nitrogen and oxygen atoms in total. The molecule has 166 valence electrons. The highest BCUT2D eigenvalue weighted by molar-refractivity contribution is 9.10. The largest absolute Gasteiger partial charge is 0.497 e. The summed E-state index contributed by atoms with van der Waals surface area (Å²) in [6.07, 6.45) is 0.748. The third kappa shape index (κ3) is 4.07. The molecule has 0 saturated carbocycles. The summed E-state index contributed by atoms with van der Waals surface area (Å²) >= 11 is 3.60. The van der Waals surface area contributed by atoms with Gasteiger partial charge in [-0.15, -0.1) is 0 Å². The van der Waals surface area contributed by atoms with Gasteiger partial charge in [-0.1, -0.05) is 70.0 Å². The minimum absolute atomic E-state index is 0.0191. The zero-order valence-corrected chi connectivity index (χ0v) is 20.1. The number of aromatic nitrogens is 2. The molecule has 1 unspecified atom stereocenters. The van der Waals surface area contributed by atoms with Gasteiger partial charge in [-0.25, -0.2) is 0 Å². The number of nitrogens with zero attached hydrogens (tertiary/aromatic N) is 2. The van der Waals surface area contributed by atoms with Crippen molar-refractivity contribution in [3.63, 3.8) is 0 Å². The van der Waals surface area contributed by atoms with Crippen molar-refractivity contribution >= 4 is 21.8 Å². The first kappa shape index (κ1) is 21.5. The average Bonchev–Trinajstić information content (AvgIpc) is 3.37. The Kier molecular flexibility index (Phi) is 5.77. The summed E-state index contributed by atoms with van der Waals surface area (Å²) in [6.45, 7) is 2.66. The van der Waals surface area contributed by atoms with E-state index in [1.807, 2.05) is 41.3 Å². The summed E-state index contributed by atoms with van der Waals surface area (Å²) in [5.74, 6) is 0.807. The van der Waals surface area contributed by atoms with Gasteiger partial charge < -0.3 is 9.64 Å². The van der Waals surface area contributed by atoms with Crippen molar-refractivity contribution in [1.29, 1.82) is 0 Å². The number of benzene rings is 3. The molecule has 0 saturated heterocycles. The molecule has 1 aromatic heterocycles. The number of rotatable bonds is 6. The van der Waals surface area contributed by atoms with Crippen LogP contribution in [0.5, 0.6) is 5.75 Å². The molecule has 1 N–H and O–H groups in total. The van der Waals surface area contributed by atoms with E-state index in [0.29, 0.717) is 12.2 Å². The second-order valence-electron chi connectivity index (χ2n) is 8.28. The number of hydrogen-bond acceptors (Lipinski definition) is 3. The quantitative estimate of drug-likeness (QED) is 0.355. The molecular formula is C27H24BrN3O2. The molecule has 33 heavy (non-hydrogen) atoms. The van der Waals surface area contributed by atoms with Gasteiger partial charge in [0, 0.05) is 22.1 Å². The third-order valence-corrected chi connectivity index (χ3v) is 6.65.